The zero-order valence-corrected chi connectivity index (χ0v) is 24.8. The fourth-order valence-corrected chi connectivity index (χ4v) is 4.00. The van der Waals surface area contributed by atoms with E-state index in [9.17, 15) is 34.1 Å². The Bertz CT molecular complexity index is 1100. The summed E-state index contributed by atoms with van der Waals surface area (Å²) < 4.78 is 5.23. The van der Waals surface area contributed by atoms with Crippen molar-refractivity contribution in [1.82, 2.24) is 25.0 Å². The molecule has 0 N–H and O–H groups in total. The molecule has 0 bridgehead atoms. The second-order valence-electron chi connectivity index (χ2n) is 9.44. The molecule has 1 aromatic rings. The van der Waals surface area contributed by atoms with Gasteiger partial charge in [0.15, 0.2) is 0 Å². The van der Waals surface area contributed by atoms with Crippen molar-refractivity contribution in [3.8, 4) is 5.75 Å². The van der Waals surface area contributed by atoms with Crippen molar-refractivity contribution in [3.63, 3.8) is 0 Å². The van der Waals surface area contributed by atoms with Crippen LogP contribution in [0, 0.1) is 10.1 Å². The lowest BCUT2D eigenvalue weighted by Gasteiger charge is -2.32. The molecule has 0 saturated carbocycles. The van der Waals surface area contributed by atoms with Crippen LogP contribution in [-0.2, 0) is 38.5 Å². The lowest BCUT2D eigenvalue weighted by atomic mass is 10.3. The number of esters is 1. The quantitative estimate of drug-likeness (QED) is 0.149. The zero-order chi connectivity index (χ0) is 31.9. The van der Waals surface area contributed by atoms with E-state index in [0.717, 1.165) is 0 Å². The molecule has 1 aromatic carbocycles. The molecule has 1 fully saturated rings. The van der Waals surface area contributed by atoms with Crippen LogP contribution in [-0.4, -0.2) is 132 Å². The van der Waals surface area contributed by atoms with Crippen molar-refractivity contribution in [1.29, 1.82) is 0 Å². The molecule has 1 heterocycles. The second-order valence-corrected chi connectivity index (χ2v) is 9.44. The number of nitrogens with zero attached hydrogens (tertiary/aromatic N) is 6. The molecule has 0 atom stereocenters. The summed E-state index contributed by atoms with van der Waals surface area (Å²) in [7, 11) is 0. The monoisotopic (exact) mass is 610 g/mol. The third-order valence-electron chi connectivity index (χ3n) is 5.99. The molecule has 17 nitrogen and oxygen atoms in total. The van der Waals surface area contributed by atoms with Gasteiger partial charge in [0.1, 0.15) is 12.3 Å². The molecule has 2 rings (SSSR count). The summed E-state index contributed by atoms with van der Waals surface area (Å²) in [5, 5.41) is 15.0. The maximum absolute atomic E-state index is 13.2. The van der Waals surface area contributed by atoms with Gasteiger partial charge in [-0.15, -0.1) is 15.2 Å². The summed E-state index contributed by atoms with van der Waals surface area (Å²) in [4.78, 5) is 89.9. The fourth-order valence-electron chi connectivity index (χ4n) is 4.00. The molecule has 0 spiro atoms. The molecule has 1 saturated heterocycles. The Labute approximate surface area is 248 Å². The number of hydroxylamine groups is 6. The minimum absolute atomic E-state index is 0.102. The molecular weight excluding hydrogens is 572 g/mol. The smallest absolute Gasteiger partial charge is 0.331 e. The van der Waals surface area contributed by atoms with Crippen molar-refractivity contribution in [3.05, 3.63) is 34.4 Å². The lowest BCUT2D eigenvalue weighted by Crippen LogP contribution is -2.49. The standard InChI is InChI=1S/C26H38N6O11/c1-5-28(19-26(37)40-24-8-6-23(7-9-24)32(38)39)25(36)18-27-10-12-29(41-20(2)33)14-16-31(43-22(4)35)17-15-30(13-11-27)42-21(3)34/h6-9H,5,10-19H2,1-4H3. The molecule has 43 heavy (non-hydrogen) atoms. The summed E-state index contributed by atoms with van der Waals surface area (Å²) in [5.41, 5.74) is -0.155. The van der Waals surface area contributed by atoms with Crippen LogP contribution >= 0.6 is 0 Å². The van der Waals surface area contributed by atoms with Gasteiger partial charge in [-0.3, -0.25) is 34.2 Å². The molecule has 0 radical (unpaired) electrons. The van der Waals surface area contributed by atoms with Gasteiger partial charge in [-0.05, 0) is 19.1 Å². The Morgan fingerprint density at radius 2 is 1.19 bits per heavy atom. The maximum Gasteiger partial charge on any atom is 0.331 e. The number of non-ortho nitro benzene ring substituents is 1. The SMILES string of the molecule is CCN(CC(=O)Oc1ccc([N+](=O)[O-])cc1)C(=O)CN1CCN(OC(C)=O)CCN(OC(C)=O)CCN(OC(C)=O)CC1. The Balaban J connectivity index is 2.11. The molecule has 238 valence electrons. The first kappa shape index (κ1) is 35.0. The molecule has 1 aliphatic heterocycles. The maximum atomic E-state index is 13.2. The van der Waals surface area contributed by atoms with Crippen molar-refractivity contribution in [2.24, 2.45) is 0 Å². The van der Waals surface area contributed by atoms with E-state index in [0.29, 0.717) is 0 Å². The number of benzene rings is 1. The van der Waals surface area contributed by atoms with Crippen molar-refractivity contribution < 1.29 is 48.1 Å². The lowest BCUT2D eigenvalue weighted by molar-refractivity contribution is -0.384. The highest BCUT2D eigenvalue weighted by Gasteiger charge is 2.24. The summed E-state index contributed by atoms with van der Waals surface area (Å²) in [6.45, 7) is 6.83. The Hall–Kier alpha value is -4.19. The topological polar surface area (TPSA) is 182 Å². The minimum Gasteiger partial charge on any atom is -0.425 e. The molecule has 0 unspecified atom stereocenters. The highest BCUT2D eigenvalue weighted by molar-refractivity contribution is 5.84. The third kappa shape index (κ3) is 13.6. The van der Waals surface area contributed by atoms with E-state index in [-0.39, 0.29) is 89.3 Å². The number of amides is 1. The highest BCUT2D eigenvalue weighted by atomic mass is 16.7. The van der Waals surface area contributed by atoms with E-state index in [1.165, 1.54) is 65.1 Å². The van der Waals surface area contributed by atoms with Crippen LogP contribution in [0.1, 0.15) is 27.7 Å². The Morgan fingerprint density at radius 1 is 0.767 bits per heavy atom. The van der Waals surface area contributed by atoms with Crippen LogP contribution in [0.15, 0.2) is 24.3 Å². The van der Waals surface area contributed by atoms with E-state index in [2.05, 4.69) is 0 Å². The number of likely N-dealkylation sites (N-methyl/N-ethyl adjacent to an activating group) is 1. The summed E-state index contributed by atoms with van der Waals surface area (Å²) in [6.07, 6.45) is 0. The first-order valence-corrected chi connectivity index (χ1v) is 13.6. The Kier molecular flexibility index (Phi) is 14.4. The molecule has 1 aliphatic rings. The van der Waals surface area contributed by atoms with E-state index < -0.39 is 28.8 Å². The predicted octanol–water partition coefficient (Wildman–Crippen LogP) is 0.00460. The van der Waals surface area contributed by atoms with Crippen molar-refractivity contribution in [2.75, 3.05) is 72.0 Å². The molecule has 1 amide bonds. The van der Waals surface area contributed by atoms with Gasteiger partial charge in [-0.1, -0.05) is 0 Å². The van der Waals surface area contributed by atoms with Gasteiger partial charge in [0, 0.05) is 65.6 Å². The minimum atomic E-state index is -0.725. The van der Waals surface area contributed by atoms with E-state index in [1.807, 2.05) is 0 Å². The highest BCUT2D eigenvalue weighted by Crippen LogP contribution is 2.17. The van der Waals surface area contributed by atoms with E-state index in [4.69, 9.17) is 19.2 Å². The van der Waals surface area contributed by atoms with Gasteiger partial charge in [-0.25, -0.2) is 4.79 Å². The van der Waals surface area contributed by atoms with Crippen LogP contribution < -0.4 is 4.74 Å². The van der Waals surface area contributed by atoms with E-state index >= 15 is 0 Å². The average molecular weight is 611 g/mol. The summed E-state index contributed by atoms with van der Waals surface area (Å²) in [5.74, 6) is -2.62. The molecule has 0 aromatic heterocycles. The number of nitro groups is 1. The third-order valence-corrected chi connectivity index (χ3v) is 5.99. The largest absolute Gasteiger partial charge is 0.425 e. The zero-order valence-electron chi connectivity index (χ0n) is 24.8. The van der Waals surface area contributed by atoms with Crippen LogP contribution in [0.3, 0.4) is 0 Å². The van der Waals surface area contributed by atoms with Gasteiger partial charge in [0.2, 0.25) is 5.91 Å². The van der Waals surface area contributed by atoms with Crippen LogP contribution in [0.4, 0.5) is 5.69 Å². The fraction of sp³-hybridized carbons (Fsp3) is 0.577. The van der Waals surface area contributed by atoms with Gasteiger partial charge in [-0.2, -0.15) is 0 Å². The number of nitro benzene ring substituents is 1. The normalized spacial score (nSPS) is 16.2. The number of hydrogen-bond acceptors (Lipinski definition) is 15. The van der Waals surface area contributed by atoms with Crippen LogP contribution in [0.25, 0.3) is 0 Å². The number of carbonyl (C=O) groups is 5. The first-order valence-electron chi connectivity index (χ1n) is 13.6. The first-order chi connectivity index (χ1) is 20.4. The predicted molar refractivity (Wildman–Crippen MR) is 147 cm³/mol. The summed E-state index contributed by atoms with van der Waals surface area (Å²) >= 11 is 0. The molecule has 17 heteroatoms. The second kappa shape index (κ2) is 17.7. The van der Waals surface area contributed by atoms with Gasteiger partial charge in [0.05, 0.1) is 37.6 Å². The average Bonchev–Trinajstić information content (AvgIpc) is 2.92. The van der Waals surface area contributed by atoms with E-state index in [1.54, 1.807) is 11.8 Å². The van der Waals surface area contributed by atoms with Crippen LogP contribution in [0.2, 0.25) is 0 Å². The number of ether oxygens (including phenoxy) is 1. The number of hydrogen-bond donors (Lipinski definition) is 0. The number of rotatable bonds is 10. The van der Waals surface area contributed by atoms with Crippen LogP contribution in [0.5, 0.6) is 5.75 Å². The molecular formula is C26H38N6O11. The molecule has 0 aliphatic carbocycles. The van der Waals surface area contributed by atoms with Crippen molar-refractivity contribution >= 4 is 35.5 Å². The van der Waals surface area contributed by atoms with Gasteiger partial charge < -0.3 is 24.1 Å². The Morgan fingerprint density at radius 3 is 1.56 bits per heavy atom. The number of carbonyl (C=O) groups excluding carboxylic acids is 5. The summed E-state index contributed by atoms with van der Waals surface area (Å²) in [6, 6.07) is 4.99. The van der Waals surface area contributed by atoms with Gasteiger partial charge >= 0.3 is 23.9 Å². The van der Waals surface area contributed by atoms with Crippen molar-refractivity contribution in [2.45, 2.75) is 27.7 Å². The van der Waals surface area contributed by atoms with Gasteiger partial charge in [0.25, 0.3) is 5.69 Å².